The van der Waals surface area contributed by atoms with Crippen LogP contribution >= 0.6 is 15.9 Å². The Bertz CT molecular complexity index is 409. The van der Waals surface area contributed by atoms with Gasteiger partial charge in [-0.1, -0.05) is 22.0 Å². The van der Waals surface area contributed by atoms with Crippen molar-refractivity contribution >= 4 is 21.8 Å². The Balaban J connectivity index is 1.95. The number of nitrogens with one attached hydrogen (secondary N) is 1. The highest BCUT2D eigenvalue weighted by atomic mass is 79.9. The van der Waals surface area contributed by atoms with Gasteiger partial charge in [-0.25, -0.2) is 0 Å². The van der Waals surface area contributed by atoms with E-state index in [4.69, 9.17) is 9.47 Å². The Morgan fingerprint density at radius 3 is 2.82 bits per heavy atom. The number of ether oxygens (including phenoxy) is 2. The zero-order chi connectivity index (χ0) is 12.1. The van der Waals surface area contributed by atoms with E-state index in [1.54, 1.807) is 0 Å². The van der Waals surface area contributed by atoms with Crippen LogP contribution in [-0.4, -0.2) is 24.5 Å². The molecule has 0 aliphatic carbocycles. The summed E-state index contributed by atoms with van der Waals surface area (Å²) in [5.41, 5.74) is 1.01. The average molecular weight is 300 g/mol. The van der Waals surface area contributed by atoms with Crippen LogP contribution in [0.4, 0.5) is 0 Å². The molecule has 1 heterocycles. The summed E-state index contributed by atoms with van der Waals surface area (Å²) in [5, 5.41) is 3.52. The van der Waals surface area contributed by atoms with Crippen LogP contribution < -0.4 is 14.8 Å². The van der Waals surface area contributed by atoms with Gasteiger partial charge in [0.05, 0.1) is 0 Å². The summed E-state index contributed by atoms with van der Waals surface area (Å²) < 4.78 is 10.9. The zero-order valence-electron chi connectivity index (χ0n) is 9.37. The fourth-order valence-electron chi connectivity index (χ4n) is 1.57. The standard InChI is InChI=1S/C12H14BrNO3/c13-4-3-12(15)14-8-9-1-2-10-11(7-9)17-6-5-16-10/h1-2,7H,3-6,8H2,(H,14,15). The van der Waals surface area contributed by atoms with Crippen molar-refractivity contribution in [2.45, 2.75) is 13.0 Å². The molecule has 1 amide bonds. The predicted octanol–water partition coefficient (Wildman–Crippen LogP) is 1.86. The maximum atomic E-state index is 11.3. The highest BCUT2D eigenvalue weighted by Crippen LogP contribution is 2.30. The van der Waals surface area contributed by atoms with Crippen molar-refractivity contribution in [2.24, 2.45) is 0 Å². The summed E-state index contributed by atoms with van der Waals surface area (Å²) in [6, 6.07) is 5.71. The number of hydrogen-bond acceptors (Lipinski definition) is 3. The topological polar surface area (TPSA) is 47.6 Å². The molecule has 0 spiro atoms. The Labute approximate surface area is 108 Å². The number of halogens is 1. The largest absolute Gasteiger partial charge is 0.486 e. The van der Waals surface area contributed by atoms with Crippen LogP contribution in [-0.2, 0) is 11.3 Å². The van der Waals surface area contributed by atoms with Gasteiger partial charge in [-0.2, -0.15) is 0 Å². The third kappa shape index (κ3) is 3.36. The molecule has 0 atom stereocenters. The van der Waals surface area contributed by atoms with Crippen LogP contribution in [0.25, 0.3) is 0 Å². The minimum absolute atomic E-state index is 0.0387. The Kier molecular flexibility index (Phi) is 4.25. The van der Waals surface area contributed by atoms with E-state index in [9.17, 15) is 4.79 Å². The Morgan fingerprint density at radius 1 is 1.29 bits per heavy atom. The summed E-state index contributed by atoms with van der Waals surface area (Å²) in [5.74, 6) is 1.56. The quantitative estimate of drug-likeness (QED) is 0.863. The van der Waals surface area contributed by atoms with Crippen molar-refractivity contribution in [1.82, 2.24) is 5.32 Å². The molecule has 0 aromatic heterocycles. The van der Waals surface area contributed by atoms with E-state index < -0.39 is 0 Å². The molecular formula is C12H14BrNO3. The molecule has 1 aliphatic heterocycles. The molecule has 1 aromatic carbocycles. The molecule has 0 radical (unpaired) electrons. The van der Waals surface area contributed by atoms with E-state index in [1.165, 1.54) is 0 Å². The third-order valence-electron chi connectivity index (χ3n) is 2.42. The van der Waals surface area contributed by atoms with Gasteiger partial charge in [-0.3, -0.25) is 4.79 Å². The Morgan fingerprint density at radius 2 is 2.06 bits per heavy atom. The summed E-state index contributed by atoms with van der Waals surface area (Å²) in [6.07, 6.45) is 0.491. The van der Waals surface area contributed by atoms with Gasteiger partial charge in [-0.05, 0) is 17.7 Å². The number of alkyl halides is 1. The molecule has 0 unspecified atom stereocenters. The second kappa shape index (κ2) is 5.91. The van der Waals surface area contributed by atoms with E-state index in [1.807, 2.05) is 18.2 Å². The molecule has 17 heavy (non-hydrogen) atoms. The van der Waals surface area contributed by atoms with E-state index in [0.717, 1.165) is 17.1 Å². The number of carbonyl (C=O) groups is 1. The van der Waals surface area contributed by atoms with Gasteiger partial charge >= 0.3 is 0 Å². The van der Waals surface area contributed by atoms with Crippen LogP contribution in [0.1, 0.15) is 12.0 Å². The lowest BCUT2D eigenvalue weighted by Gasteiger charge is -2.18. The minimum Gasteiger partial charge on any atom is -0.486 e. The van der Waals surface area contributed by atoms with E-state index in [0.29, 0.717) is 31.5 Å². The van der Waals surface area contributed by atoms with Crippen molar-refractivity contribution < 1.29 is 14.3 Å². The molecule has 1 aliphatic rings. The second-order valence-electron chi connectivity index (χ2n) is 3.69. The van der Waals surface area contributed by atoms with E-state index in [2.05, 4.69) is 21.2 Å². The average Bonchev–Trinajstić information content (AvgIpc) is 2.36. The summed E-state index contributed by atoms with van der Waals surface area (Å²) >= 11 is 3.23. The van der Waals surface area contributed by atoms with Crippen LogP contribution in [0.3, 0.4) is 0 Å². The molecule has 92 valence electrons. The predicted molar refractivity (Wildman–Crippen MR) is 67.7 cm³/mol. The van der Waals surface area contributed by atoms with Crippen molar-refractivity contribution in [3.63, 3.8) is 0 Å². The first-order chi connectivity index (χ1) is 8.29. The molecule has 0 fully saturated rings. The molecule has 0 saturated heterocycles. The third-order valence-corrected chi connectivity index (χ3v) is 2.81. The summed E-state index contributed by atoms with van der Waals surface area (Å²) in [6.45, 7) is 1.68. The maximum Gasteiger partial charge on any atom is 0.221 e. The van der Waals surface area contributed by atoms with Gasteiger partial charge in [0.15, 0.2) is 11.5 Å². The number of amides is 1. The molecule has 2 rings (SSSR count). The van der Waals surface area contributed by atoms with Crippen molar-refractivity contribution in [1.29, 1.82) is 0 Å². The Hall–Kier alpha value is -1.23. The van der Waals surface area contributed by atoms with Crippen molar-refractivity contribution in [3.8, 4) is 11.5 Å². The lowest BCUT2D eigenvalue weighted by molar-refractivity contribution is -0.120. The summed E-state index contributed by atoms with van der Waals surface area (Å²) in [4.78, 5) is 11.3. The fraction of sp³-hybridized carbons (Fsp3) is 0.417. The van der Waals surface area contributed by atoms with Crippen molar-refractivity contribution in [3.05, 3.63) is 23.8 Å². The van der Waals surface area contributed by atoms with Gasteiger partial charge in [0.2, 0.25) is 5.91 Å². The molecule has 1 aromatic rings. The highest BCUT2D eigenvalue weighted by molar-refractivity contribution is 9.09. The summed E-state index contributed by atoms with van der Waals surface area (Å²) in [7, 11) is 0. The SMILES string of the molecule is O=C(CCBr)NCc1ccc2c(c1)OCCO2. The number of rotatable bonds is 4. The lowest BCUT2D eigenvalue weighted by atomic mass is 10.2. The van der Waals surface area contributed by atoms with Crippen LogP contribution in [0.2, 0.25) is 0 Å². The normalized spacial score (nSPS) is 13.2. The first kappa shape index (κ1) is 12.2. The molecular weight excluding hydrogens is 286 g/mol. The minimum atomic E-state index is 0.0387. The van der Waals surface area contributed by atoms with Crippen LogP contribution in [0.15, 0.2) is 18.2 Å². The van der Waals surface area contributed by atoms with Gasteiger partial charge in [0, 0.05) is 18.3 Å². The van der Waals surface area contributed by atoms with Crippen LogP contribution in [0.5, 0.6) is 11.5 Å². The fourth-order valence-corrected chi connectivity index (χ4v) is 1.93. The van der Waals surface area contributed by atoms with Gasteiger partial charge in [0.25, 0.3) is 0 Å². The smallest absolute Gasteiger partial charge is 0.221 e. The molecule has 0 bridgehead atoms. The van der Waals surface area contributed by atoms with Crippen LogP contribution in [0, 0.1) is 0 Å². The molecule has 5 heteroatoms. The number of fused-ring (bicyclic) bond motifs is 1. The first-order valence-electron chi connectivity index (χ1n) is 5.51. The highest BCUT2D eigenvalue weighted by Gasteiger charge is 2.11. The second-order valence-corrected chi connectivity index (χ2v) is 4.49. The maximum absolute atomic E-state index is 11.3. The number of hydrogen-bond donors (Lipinski definition) is 1. The monoisotopic (exact) mass is 299 g/mol. The van der Waals surface area contributed by atoms with E-state index >= 15 is 0 Å². The van der Waals surface area contributed by atoms with Gasteiger partial charge in [-0.15, -0.1) is 0 Å². The van der Waals surface area contributed by atoms with Gasteiger partial charge < -0.3 is 14.8 Å². The van der Waals surface area contributed by atoms with Crippen molar-refractivity contribution in [2.75, 3.05) is 18.5 Å². The first-order valence-corrected chi connectivity index (χ1v) is 6.63. The molecule has 1 N–H and O–H groups in total. The molecule has 4 nitrogen and oxygen atoms in total. The lowest BCUT2D eigenvalue weighted by Crippen LogP contribution is -2.23. The van der Waals surface area contributed by atoms with E-state index in [-0.39, 0.29) is 5.91 Å². The number of benzene rings is 1. The number of carbonyl (C=O) groups excluding carboxylic acids is 1. The van der Waals surface area contributed by atoms with Gasteiger partial charge in [0.1, 0.15) is 13.2 Å². The molecule has 0 saturated carbocycles. The zero-order valence-corrected chi connectivity index (χ0v) is 11.0.